The fraction of sp³-hybridized carbons (Fsp3) is 0.318. The van der Waals surface area contributed by atoms with Crippen molar-refractivity contribution in [2.24, 2.45) is 0 Å². The Labute approximate surface area is 190 Å². The molecule has 1 amide bonds. The summed E-state index contributed by atoms with van der Waals surface area (Å²) in [6.07, 6.45) is 0.457. The van der Waals surface area contributed by atoms with Gasteiger partial charge in [0.05, 0.1) is 43.2 Å². The summed E-state index contributed by atoms with van der Waals surface area (Å²) in [7, 11) is 3.02. The minimum atomic E-state index is -1.02. The van der Waals surface area contributed by atoms with Crippen molar-refractivity contribution in [3.63, 3.8) is 0 Å². The Bertz CT molecular complexity index is 1130. The lowest BCUT2D eigenvalue weighted by Crippen LogP contribution is -2.17. The molecule has 10 heteroatoms. The number of carbonyl (C=O) groups is 1. The molecule has 0 aliphatic heterocycles. The molecule has 170 valence electrons. The lowest BCUT2D eigenvalue weighted by atomic mass is 10.0. The van der Waals surface area contributed by atoms with E-state index in [-0.39, 0.29) is 12.3 Å². The molecule has 3 aromatic rings. The zero-order valence-electron chi connectivity index (χ0n) is 18.0. The summed E-state index contributed by atoms with van der Waals surface area (Å²) in [5.74, 6) is 1.19. The average Bonchev–Trinajstić information content (AvgIpc) is 2.77. The topological polar surface area (TPSA) is 126 Å². The quantitative estimate of drug-likeness (QED) is 0.384. The number of carbonyl (C=O) groups excluding carboxylic acids is 1. The van der Waals surface area contributed by atoms with Gasteiger partial charge in [-0.25, -0.2) is 9.97 Å². The molecule has 1 heterocycles. The smallest absolute Gasteiger partial charge is 0.221 e. The molecule has 2 aromatic carbocycles. The first-order chi connectivity index (χ1) is 15.4. The Morgan fingerprint density at radius 3 is 2.62 bits per heavy atom. The Kier molecular flexibility index (Phi) is 7.68. The molecule has 0 bridgehead atoms. The van der Waals surface area contributed by atoms with Crippen LogP contribution < -0.4 is 20.1 Å². The van der Waals surface area contributed by atoms with Gasteiger partial charge in [-0.1, -0.05) is 17.7 Å². The van der Waals surface area contributed by atoms with Crippen LogP contribution in [0.15, 0.2) is 30.6 Å². The number of anilines is 2. The number of ether oxygens (including phenoxy) is 2. The summed E-state index contributed by atoms with van der Waals surface area (Å²) in [6.45, 7) is 1.38. The summed E-state index contributed by atoms with van der Waals surface area (Å²) < 4.78 is 10.7. The van der Waals surface area contributed by atoms with Gasteiger partial charge < -0.3 is 30.3 Å². The third-order valence-electron chi connectivity index (χ3n) is 4.82. The third-order valence-corrected chi connectivity index (χ3v) is 5.11. The van der Waals surface area contributed by atoms with Crippen LogP contribution in [0.5, 0.6) is 11.5 Å². The molecule has 0 saturated carbocycles. The Morgan fingerprint density at radius 1 is 1.22 bits per heavy atom. The minimum absolute atomic E-state index is 0.0775. The molecule has 4 N–H and O–H groups in total. The maximum atomic E-state index is 11.8. The number of nitrogens with zero attached hydrogens (tertiary/aromatic N) is 2. The molecule has 0 aliphatic carbocycles. The van der Waals surface area contributed by atoms with Crippen molar-refractivity contribution < 1.29 is 24.5 Å². The van der Waals surface area contributed by atoms with Gasteiger partial charge >= 0.3 is 0 Å². The normalized spacial score (nSPS) is 11.8. The monoisotopic (exact) mass is 460 g/mol. The number of aromatic nitrogens is 2. The molecule has 3 rings (SSSR count). The molecule has 0 radical (unpaired) electrons. The van der Waals surface area contributed by atoms with Crippen molar-refractivity contribution in [1.82, 2.24) is 9.97 Å². The number of amides is 1. The highest BCUT2D eigenvalue weighted by atomic mass is 35.5. The van der Waals surface area contributed by atoms with E-state index in [2.05, 4.69) is 20.6 Å². The summed E-state index contributed by atoms with van der Waals surface area (Å²) in [5.41, 5.74) is 2.41. The average molecular weight is 461 g/mol. The molecule has 9 nitrogen and oxygen atoms in total. The maximum Gasteiger partial charge on any atom is 0.221 e. The molecule has 0 fully saturated rings. The lowest BCUT2D eigenvalue weighted by molar-refractivity contribution is -0.114. The van der Waals surface area contributed by atoms with Crippen LogP contribution in [-0.2, 0) is 17.8 Å². The van der Waals surface area contributed by atoms with Crippen LogP contribution in [-0.4, -0.2) is 53.0 Å². The predicted octanol–water partition coefficient (Wildman–Crippen LogP) is 2.77. The number of aliphatic hydroxyl groups excluding tert-OH is 2. The van der Waals surface area contributed by atoms with Crippen LogP contribution >= 0.6 is 11.6 Å². The lowest BCUT2D eigenvalue weighted by Gasteiger charge is -2.19. The van der Waals surface area contributed by atoms with Gasteiger partial charge in [-0.05, 0) is 23.8 Å². The molecule has 0 saturated heterocycles. The number of methoxy groups -OCH3 is 2. The largest absolute Gasteiger partial charge is 0.495 e. The zero-order chi connectivity index (χ0) is 23.3. The first kappa shape index (κ1) is 23.5. The van der Waals surface area contributed by atoms with E-state index in [9.17, 15) is 15.0 Å². The van der Waals surface area contributed by atoms with E-state index >= 15 is 0 Å². The molecule has 1 aromatic heterocycles. The van der Waals surface area contributed by atoms with Crippen molar-refractivity contribution in [3.05, 3.63) is 46.7 Å². The Hall–Kier alpha value is -3.14. The van der Waals surface area contributed by atoms with E-state index in [1.165, 1.54) is 20.4 Å². The predicted molar refractivity (Wildman–Crippen MR) is 123 cm³/mol. The SMILES string of the molecule is COc1ccc(CNc2ncnc3c(CC(O)CO)c(OC)c(NC(C)=O)cc23)cc1Cl. The highest BCUT2D eigenvalue weighted by Gasteiger charge is 2.21. The molecular formula is C22H25ClN4O5. The number of benzene rings is 2. The van der Waals surface area contributed by atoms with Crippen LogP contribution in [0.25, 0.3) is 10.9 Å². The van der Waals surface area contributed by atoms with Crippen LogP contribution in [0.3, 0.4) is 0 Å². The van der Waals surface area contributed by atoms with Gasteiger partial charge in [0.1, 0.15) is 23.6 Å². The third kappa shape index (κ3) is 5.18. The second-order valence-electron chi connectivity index (χ2n) is 7.10. The van der Waals surface area contributed by atoms with Crippen LogP contribution in [0.4, 0.5) is 11.5 Å². The van der Waals surface area contributed by atoms with Gasteiger partial charge in [-0.3, -0.25) is 4.79 Å². The van der Waals surface area contributed by atoms with Gasteiger partial charge in [0.2, 0.25) is 5.91 Å². The molecule has 1 unspecified atom stereocenters. The zero-order valence-corrected chi connectivity index (χ0v) is 18.7. The summed E-state index contributed by atoms with van der Waals surface area (Å²) in [6, 6.07) is 7.18. The van der Waals surface area contributed by atoms with Crippen molar-refractivity contribution in [2.75, 3.05) is 31.5 Å². The van der Waals surface area contributed by atoms with E-state index < -0.39 is 12.7 Å². The van der Waals surface area contributed by atoms with Crippen molar-refractivity contribution >= 4 is 39.9 Å². The molecular weight excluding hydrogens is 436 g/mol. The van der Waals surface area contributed by atoms with Gasteiger partial charge in [0, 0.05) is 30.8 Å². The second kappa shape index (κ2) is 10.4. The standard InChI is InChI=1S/C22H25ClN4O5/c1-12(29)27-18-8-16-20(15(21(18)32-3)7-14(30)10-28)25-11-26-22(16)24-9-13-4-5-19(31-2)17(23)6-13/h4-6,8,11,14,28,30H,7,9-10H2,1-3H3,(H,27,29)(H,24,25,26). The Balaban J connectivity index is 2.06. The fourth-order valence-electron chi connectivity index (χ4n) is 3.40. The van der Waals surface area contributed by atoms with Gasteiger partial charge in [-0.15, -0.1) is 0 Å². The van der Waals surface area contributed by atoms with Crippen LogP contribution in [0, 0.1) is 0 Å². The first-order valence-corrected chi connectivity index (χ1v) is 10.2. The highest BCUT2D eigenvalue weighted by Crippen LogP contribution is 2.38. The van der Waals surface area contributed by atoms with E-state index in [0.29, 0.717) is 51.0 Å². The van der Waals surface area contributed by atoms with Gasteiger partial charge in [-0.2, -0.15) is 0 Å². The minimum Gasteiger partial charge on any atom is -0.495 e. The van der Waals surface area contributed by atoms with E-state index in [4.69, 9.17) is 21.1 Å². The van der Waals surface area contributed by atoms with E-state index in [0.717, 1.165) is 5.56 Å². The number of nitrogens with one attached hydrogen (secondary N) is 2. The number of hydrogen-bond acceptors (Lipinski definition) is 8. The van der Waals surface area contributed by atoms with E-state index in [1.807, 2.05) is 6.07 Å². The van der Waals surface area contributed by atoms with Gasteiger partial charge in [0.15, 0.2) is 0 Å². The first-order valence-electron chi connectivity index (χ1n) is 9.85. The highest BCUT2D eigenvalue weighted by molar-refractivity contribution is 6.32. The molecule has 32 heavy (non-hydrogen) atoms. The summed E-state index contributed by atoms with van der Waals surface area (Å²) >= 11 is 6.22. The summed E-state index contributed by atoms with van der Waals surface area (Å²) in [4.78, 5) is 20.5. The Morgan fingerprint density at radius 2 is 2.00 bits per heavy atom. The number of fused-ring (bicyclic) bond motifs is 1. The molecule has 1 atom stereocenters. The fourth-order valence-corrected chi connectivity index (χ4v) is 3.68. The molecule has 0 spiro atoms. The number of aliphatic hydroxyl groups is 2. The molecule has 0 aliphatic rings. The van der Waals surface area contributed by atoms with Gasteiger partial charge in [0.25, 0.3) is 0 Å². The van der Waals surface area contributed by atoms with Crippen molar-refractivity contribution in [2.45, 2.75) is 26.0 Å². The summed E-state index contributed by atoms with van der Waals surface area (Å²) in [5, 5.41) is 26.6. The van der Waals surface area contributed by atoms with E-state index in [1.54, 1.807) is 25.3 Å². The number of rotatable bonds is 9. The van der Waals surface area contributed by atoms with Crippen molar-refractivity contribution in [3.8, 4) is 11.5 Å². The second-order valence-corrected chi connectivity index (χ2v) is 7.51. The van der Waals surface area contributed by atoms with Crippen molar-refractivity contribution in [1.29, 1.82) is 0 Å². The van der Waals surface area contributed by atoms with Crippen LogP contribution in [0.2, 0.25) is 5.02 Å². The maximum absolute atomic E-state index is 11.8. The van der Waals surface area contributed by atoms with Crippen LogP contribution in [0.1, 0.15) is 18.1 Å². The number of hydrogen-bond donors (Lipinski definition) is 4. The number of halogens is 1.